The Balaban J connectivity index is 2.23. The van der Waals surface area contributed by atoms with E-state index in [1.807, 2.05) is 13.8 Å². The molecule has 0 spiro atoms. The molecule has 0 aromatic heterocycles. The third-order valence-corrected chi connectivity index (χ3v) is 6.16. The van der Waals surface area contributed by atoms with Gasteiger partial charge in [-0.25, -0.2) is 8.42 Å². The molecular weight excluding hydrogens is 328 g/mol. The molecule has 0 saturated carbocycles. The topological polar surface area (TPSA) is 75.7 Å². The van der Waals surface area contributed by atoms with E-state index in [-0.39, 0.29) is 5.91 Å². The fourth-order valence-corrected chi connectivity index (χ4v) is 4.47. The van der Waals surface area contributed by atoms with Gasteiger partial charge in [-0.1, -0.05) is 32.4 Å². The van der Waals surface area contributed by atoms with Crippen LogP contribution in [0.25, 0.3) is 0 Å². The van der Waals surface area contributed by atoms with Crippen molar-refractivity contribution in [3.63, 3.8) is 0 Å². The Labute approximate surface area is 144 Å². The molecule has 1 amide bonds. The van der Waals surface area contributed by atoms with Crippen LogP contribution in [0.1, 0.15) is 43.5 Å². The Morgan fingerprint density at radius 2 is 1.92 bits per heavy atom. The maximum Gasteiger partial charge on any atom is 0.256 e. The van der Waals surface area contributed by atoms with Gasteiger partial charge >= 0.3 is 0 Å². The first-order chi connectivity index (χ1) is 11.5. The number of benzene rings is 1. The number of hydrogen-bond acceptors (Lipinski definition) is 4. The van der Waals surface area contributed by atoms with E-state index in [4.69, 9.17) is 4.74 Å². The molecule has 1 N–H and O–H groups in total. The van der Waals surface area contributed by atoms with Crippen LogP contribution < -0.4 is 4.72 Å². The highest BCUT2D eigenvalue weighted by Gasteiger charge is 2.26. The fraction of sp³-hybridized carbons (Fsp3) is 0.588. The molecule has 2 rings (SSSR count). The van der Waals surface area contributed by atoms with Crippen LogP contribution in [-0.4, -0.2) is 50.8 Å². The van der Waals surface area contributed by atoms with E-state index in [1.165, 1.54) is 0 Å². The average Bonchev–Trinajstić information content (AvgIpc) is 2.59. The maximum atomic E-state index is 12.7. The Morgan fingerprint density at radius 1 is 1.25 bits per heavy atom. The van der Waals surface area contributed by atoms with Crippen LogP contribution in [-0.2, 0) is 14.8 Å². The van der Waals surface area contributed by atoms with E-state index >= 15 is 0 Å². The van der Waals surface area contributed by atoms with E-state index in [0.29, 0.717) is 50.4 Å². The summed E-state index contributed by atoms with van der Waals surface area (Å²) in [6, 6.07) is 6.78. The lowest BCUT2D eigenvalue weighted by Gasteiger charge is -2.28. The van der Waals surface area contributed by atoms with Crippen LogP contribution in [0, 0.1) is 0 Å². The number of ether oxygens (including phenoxy) is 1. The summed E-state index contributed by atoms with van der Waals surface area (Å²) in [5, 5.41) is -0.450. The van der Waals surface area contributed by atoms with Gasteiger partial charge in [0.15, 0.2) is 0 Å². The molecule has 7 heteroatoms. The molecule has 0 bridgehead atoms. The highest BCUT2D eigenvalue weighted by molar-refractivity contribution is 7.93. The number of nitrogens with one attached hydrogen (secondary N) is 1. The van der Waals surface area contributed by atoms with Gasteiger partial charge in [0.25, 0.3) is 5.91 Å². The van der Waals surface area contributed by atoms with Crippen molar-refractivity contribution in [2.24, 2.45) is 0 Å². The lowest BCUT2D eigenvalue weighted by molar-refractivity contribution is 0.0303. The van der Waals surface area contributed by atoms with Crippen LogP contribution in [0.4, 0.5) is 5.69 Å². The summed E-state index contributed by atoms with van der Waals surface area (Å²) in [7, 11) is -3.52. The Hall–Kier alpha value is -1.60. The van der Waals surface area contributed by atoms with Gasteiger partial charge < -0.3 is 9.64 Å². The summed E-state index contributed by atoms with van der Waals surface area (Å²) < 4.78 is 33.1. The van der Waals surface area contributed by atoms with Crippen LogP contribution in [0.3, 0.4) is 0 Å². The van der Waals surface area contributed by atoms with Gasteiger partial charge in [-0.2, -0.15) is 0 Å². The average molecular weight is 354 g/mol. The molecule has 6 nitrogen and oxygen atoms in total. The predicted molar refractivity (Wildman–Crippen MR) is 94.7 cm³/mol. The largest absolute Gasteiger partial charge is 0.378 e. The third kappa shape index (κ3) is 4.48. The summed E-state index contributed by atoms with van der Waals surface area (Å²) >= 11 is 0. The number of para-hydroxylation sites is 1. The SMILES string of the molecule is CCC[C@H](CC)S(=O)(=O)Nc1ccccc1C(=O)N1CCOCC1. The molecule has 1 saturated heterocycles. The van der Waals surface area contributed by atoms with E-state index < -0.39 is 15.3 Å². The fourth-order valence-electron chi connectivity index (χ4n) is 2.83. The number of nitrogens with zero attached hydrogens (tertiary/aromatic N) is 1. The van der Waals surface area contributed by atoms with Crippen molar-refractivity contribution in [1.82, 2.24) is 4.90 Å². The molecule has 0 unspecified atom stereocenters. The Bertz CT molecular complexity index is 654. The van der Waals surface area contributed by atoms with Gasteiger partial charge in [0.05, 0.1) is 29.7 Å². The first-order valence-electron chi connectivity index (χ1n) is 8.47. The number of rotatable bonds is 7. The van der Waals surface area contributed by atoms with E-state index in [1.54, 1.807) is 29.2 Å². The van der Waals surface area contributed by atoms with E-state index in [0.717, 1.165) is 6.42 Å². The van der Waals surface area contributed by atoms with Gasteiger partial charge in [0.2, 0.25) is 10.0 Å². The van der Waals surface area contributed by atoms with Gasteiger partial charge in [-0.3, -0.25) is 9.52 Å². The van der Waals surface area contributed by atoms with Crippen molar-refractivity contribution in [2.75, 3.05) is 31.0 Å². The third-order valence-electron chi connectivity index (χ3n) is 4.21. The molecule has 134 valence electrons. The minimum atomic E-state index is -3.52. The lowest BCUT2D eigenvalue weighted by Crippen LogP contribution is -2.41. The monoisotopic (exact) mass is 354 g/mol. The molecular formula is C17H26N2O4S. The second-order valence-corrected chi connectivity index (χ2v) is 7.88. The standard InChI is InChI=1S/C17H26N2O4S/c1-3-7-14(4-2)24(21,22)18-16-9-6-5-8-15(16)17(20)19-10-12-23-13-11-19/h5-6,8-9,14,18H,3-4,7,10-13H2,1-2H3/t14-/m0/s1. The number of carbonyl (C=O) groups excluding carboxylic acids is 1. The molecule has 1 atom stereocenters. The smallest absolute Gasteiger partial charge is 0.256 e. The highest BCUT2D eigenvalue weighted by atomic mass is 32.2. The van der Waals surface area contributed by atoms with E-state index in [9.17, 15) is 13.2 Å². The van der Waals surface area contributed by atoms with Gasteiger partial charge in [0, 0.05) is 13.1 Å². The van der Waals surface area contributed by atoms with Gasteiger partial charge in [-0.05, 0) is 25.0 Å². The summed E-state index contributed by atoms with van der Waals surface area (Å²) in [6.07, 6.45) is 1.95. The van der Waals surface area contributed by atoms with Crippen LogP contribution in [0.5, 0.6) is 0 Å². The quantitative estimate of drug-likeness (QED) is 0.816. The van der Waals surface area contributed by atoms with Crippen molar-refractivity contribution < 1.29 is 17.9 Å². The van der Waals surface area contributed by atoms with Crippen molar-refractivity contribution >= 4 is 21.6 Å². The van der Waals surface area contributed by atoms with Crippen molar-refractivity contribution in [1.29, 1.82) is 0 Å². The summed E-state index contributed by atoms with van der Waals surface area (Å²) in [4.78, 5) is 14.4. The summed E-state index contributed by atoms with van der Waals surface area (Å²) in [6.45, 7) is 5.89. The minimum absolute atomic E-state index is 0.167. The molecule has 0 radical (unpaired) electrons. The number of anilines is 1. The zero-order valence-electron chi connectivity index (χ0n) is 14.3. The summed E-state index contributed by atoms with van der Waals surface area (Å²) in [5.41, 5.74) is 0.734. The molecule has 1 heterocycles. The molecule has 1 aromatic carbocycles. The Morgan fingerprint density at radius 3 is 2.54 bits per heavy atom. The van der Waals surface area contributed by atoms with Crippen molar-refractivity contribution in [3.8, 4) is 0 Å². The number of morpholine rings is 1. The maximum absolute atomic E-state index is 12.7. The Kier molecular flexibility index (Phi) is 6.62. The second-order valence-electron chi connectivity index (χ2n) is 5.92. The van der Waals surface area contributed by atoms with E-state index in [2.05, 4.69) is 4.72 Å². The molecule has 1 aliphatic rings. The lowest BCUT2D eigenvalue weighted by atomic mass is 10.1. The zero-order chi connectivity index (χ0) is 17.6. The van der Waals surface area contributed by atoms with Crippen molar-refractivity contribution in [2.45, 2.75) is 38.4 Å². The van der Waals surface area contributed by atoms with Crippen LogP contribution in [0.2, 0.25) is 0 Å². The van der Waals surface area contributed by atoms with Crippen molar-refractivity contribution in [3.05, 3.63) is 29.8 Å². The summed E-state index contributed by atoms with van der Waals surface area (Å²) in [5.74, 6) is -0.167. The predicted octanol–water partition coefficient (Wildman–Crippen LogP) is 2.48. The number of sulfonamides is 1. The van der Waals surface area contributed by atoms with Crippen LogP contribution >= 0.6 is 0 Å². The molecule has 1 aromatic rings. The van der Waals surface area contributed by atoms with Gasteiger partial charge in [0.1, 0.15) is 0 Å². The first-order valence-corrected chi connectivity index (χ1v) is 10.0. The first kappa shape index (κ1) is 18.7. The zero-order valence-corrected chi connectivity index (χ0v) is 15.1. The van der Waals surface area contributed by atoms with Gasteiger partial charge in [-0.15, -0.1) is 0 Å². The normalized spacial score (nSPS) is 16.7. The number of amides is 1. The minimum Gasteiger partial charge on any atom is -0.378 e. The number of carbonyl (C=O) groups is 1. The van der Waals surface area contributed by atoms with Crippen LogP contribution in [0.15, 0.2) is 24.3 Å². The molecule has 1 fully saturated rings. The molecule has 1 aliphatic heterocycles. The highest BCUT2D eigenvalue weighted by Crippen LogP contribution is 2.22. The second kappa shape index (κ2) is 8.48. The molecule has 24 heavy (non-hydrogen) atoms. The molecule has 0 aliphatic carbocycles. The number of hydrogen-bond donors (Lipinski definition) is 1.